The van der Waals surface area contributed by atoms with Gasteiger partial charge in [0, 0.05) is 40.4 Å². The summed E-state index contributed by atoms with van der Waals surface area (Å²) >= 11 is 0. The molecule has 312 valence electrons. The lowest BCUT2D eigenvalue weighted by atomic mass is 10.00. The van der Waals surface area contributed by atoms with Crippen molar-refractivity contribution in [2.24, 2.45) is 16.1 Å². The van der Waals surface area contributed by atoms with Gasteiger partial charge >= 0.3 is 5.97 Å². The van der Waals surface area contributed by atoms with Crippen LogP contribution < -0.4 is 20.1 Å². The van der Waals surface area contributed by atoms with Crippen molar-refractivity contribution in [1.82, 2.24) is 4.57 Å². The number of aromatic nitrogens is 1. The molecule has 0 amide bonds. The number of ether oxygens (including phenoxy) is 2. The molecule has 0 fully saturated rings. The number of hydrogen-bond acceptors (Lipinski definition) is 8. The van der Waals surface area contributed by atoms with Gasteiger partial charge in [0.2, 0.25) is 0 Å². The SMILES string of the molecule is CCCCCCn1c(/C=C/c2ccc(N(c3ccc(OC)cc3)c3ccc(OC)cc3)cc2)ccc1-c1ccc(/C=C(\C#N)C(=O)O)c(N)c1N=NCC(CC)CCCC. The average molecular weight is 807 g/mol. The summed E-state index contributed by atoms with van der Waals surface area (Å²) in [6, 6.07) is 34.1. The standard InChI is InChI=1S/C50H58N6O4/c1-6-9-11-12-32-55-40(18-14-37-15-19-41(20-16-37)56(42-21-26-44(59-4)27-22-42)43-23-28-45(60-5)29-24-43)25-31-47(55)46-30-17-38(33-39(34-51)50(57)58)48(52)49(46)54-53-35-36(8-3)13-10-7-2/h14-31,33,36H,6-13,32,35,52H2,1-5H3,(H,57,58)/b18-14+,39-33+,54-53?. The van der Waals surface area contributed by atoms with Gasteiger partial charge in [-0.3, -0.25) is 0 Å². The molecule has 0 aliphatic carbocycles. The van der Waals surface area contributed by atoms with Gasteiger partial charge in [-0.05, 0) is 115 Å². The minimum absolute atomic E-state index is 0.279. The van der Waals surface area contributed by atoms with Gasteiger partial charge in [0.15, 0.2) is 0 Å². The summed E-state index contributed by atoms with van der Waals surface area (Å²) in [6.07, 6.45) is 14.2. The van der Waals surface area contributed by atoms with Gasteiger partial charge in [-0.1, -0.05) is 83.6 Å². The van der Waals surface area contributed by atoms with Gasteiger partial charge < -0.3 is 29.8 Å². The molecule has 5 rings (SSSR count). The molecule has 1 heterocycles. The first-order valence-corrected chi connectivity index (χ1v) is 21.0. The van der Waals surface area contributed by atoms with Crippen molar-refractivity contribution in [2.75, 3.05) is 31.4 Å². The van der Waals surface area contributed by atoms with Crippen LogP contribution >= 0.6 is 0 Å². The largest absolute Gasteiger partial charge is 0.497 e. The van der Waals surface area contributed by atoms with Crippen molar-refractivity contribution in [3.05, 3.63) is 119 Å². The van der Waals surface area contributed by atoms with Crippen LogP contribution in [0.15, 0.2) is 113 Å². The van der Waals surface area contributed by atoms with E-state index in [-0.39, 0.29) is 5.69 Å². The zero-order chi connectivity index (χ0) is 42.9. The monoisotopic (exact) mass is 806 g/mol. The minimum atomic E-state index is -1.32. The Morgan fingerprint density at radius 1 is 0.817 bits per heavy atom. The number of carboxylic acids is 1. The second-order valence-corrected chi connectivity index (χ2v) is 14.8. The Labute approximate surface area is 355 Å². The normalized spacial score (nSPS) is 12.2. The molecule has 0 saturated heterocycles. The molecule has 0 saturated carbocycles. The highest BCUT2D eigenvalue weighted by molar-refractivity contribution is 5.99. The van der Waals surface area contributed by atoms with Crippen molar-refractivity contribution in [3.8, 4) is 28.8 Å². The van der Waals surface area contributed by atoms with Crippen LogP contribution in [0, 0.1) is 17.2 Å². The molecule has 3 N–H and O–H groups in total. The number of hydrogen-bond donors (Lipinski definition) is 2. The zero-order valence-electron chi connectivity index (χ0n) is 35.6. The molecule has 0 aliphatic heterocycles. The van der Waals surface area contributed by atoms with E-state index in [0.29, 0.717) is 23.7 Å². The third-order valence-electron chi connectivity index (χ3n) is 10.7. The van der Waals surface area contributed by atoms with Crippen LogP contribution in [0.4, 0.5) is 28.4 Å². The van der Waals surface area contributed by atoms with Crippen molar-refractivity contribution in [1.29, 1.82) is 5.26 Å². The number of nitrogens with zero attached hydrogens (tertiary/aromatic N) is 5. The first-order valence-electron chi connectivity index (χ1n) is 21.0. The summed E-state index contributed by atoms with van der Waals surface area (Å²) in [5.41, 5.74) is 14.3. The van der Waals surface area contributed by atoms with E-state index in [2.05, 4.69) is 83.9 Å². The van der Waals surface area contributed by atoms with Crippen molar-refractivity contribution >= 4 is 52.6 Å². The van der Waals surface area contributed by atoms with Gasteiger partial charge in [-0.2, -0.15) is 15.5 Å². The molecule has 0 spiro atoms. The number of anilines is 4. The molecule has 0 radical (unpaired) electrons. The Kier molecular flexibility index (Phi) is 16.7. The predicted octanol–water partition coefficient (Wildman–Crippen LogP) is 13.3. The second-order valence-electron chi connectivity index (χ2n) is 14.8. The molecule has 60 heavy (non-hydrogen) atoms. The number of aliphatic carboxylic acids is 1. The number of azo groups is 1. The fourth-order valence-electron chi connectivity index (χ4n) is 7.14. The molecular formula is C50H58N6O4. The van der Waals surface area contributed by atoms with Crippen LogP contribution in [0.1, 0.15) is 89.0 Å². The Morgan fingerprint density at radius 3 is 1.98 bits per heavy atom. The number of carboxylic acid groups (broad SMARTS) is 1. The molecule has 0 bridgehead atoms. The summed E-state index contributed by atoms with van der Waals surface area (Å²) in [6.45, 7) is 7.91. The maximum atomic E-state index is 11.8. The summed E-state index contributed by atoms with van der Waals surface area (Å²) in [7, 11) is 3.33. The second kappa shape index (κ2) is 22.5. The quantitative estimate of drug-likeness (QED) is 0.0233. The van der Waals surface area contributed by atoms with Crippen molar-refractivity contribution in [2.45, 2.75) is 78.7 Å². The first kappa shape index (κ1) is 44.5. The molecule has 0 aliphatic rings. The smallest absolute Gasteiger partial charge is 0.346 e. The van der Waals surface area contributed by atoms with Gasteiger partial charge in [0.1, 0.15) is 28.8 Å². The lowest BCUT2D eigenvalue weighted by Crippen LogP contribution is -2.09. The average Bonchev–Trinajstić information content (AvgIpc) is 3.68. The molecular weight excluding hydrogens is 749 g/mol. The van der Waals surface area contributed by atoms with Crippen LogP contribution in [-0.4, -0.2) is 36.4 Å². The topological polar surface area (TPSA) is 138 Å². The van der Waals surface area contributed by atoms with Gasteiger partial charge in [-0.25, -0.2) is 4.79 Å². The molecule has 1 unspecified atom stereocenters. The highest BCUT2D eigenvalue weighted by Crippen LogP contribution is 2.41. The first-order chi connectivity index (χ1) is 29.2. The molecule has 10 nitrogen and oxygen atoms in total. The fraction of sp³-hybridized carbons (Fsp3) is 0.320. The molecule has 1 atom stereocenters. The number of rotatable bonds is 22. The Hall–Kier alpha value is -6.60. The highest BCUT2D eigenvalue weighted by Gasteiger charge is 2.19. The third-order valence-corrected chi connectivity index (χ3v) is 10.7. The number of carbonyl (C=O) groups is 1. The summed E-state index contributed by atoms with van der Waals surface area (Å²) in [5.74, 6) is 0.668. The van der Waals surface area contributed by atoms with E-state index in [0.717, 1.165) is 109 Å². The molecule has 10 heteroatoms. The molecule has 1 aromatic heterocycles. The maximum Gasteiger partial charge on any atom is 0.346 e. The van der Waals surface area contributed by atoms with E-state index < -0.39 is 11.5 Å². The van der Waals surface area contributed by atoms with E-state index in [4.69, 9.17) is 20.3 Å². The number of unbranched alkanes of at least 4 members (excludes halogenated alkanes) is 4. The van der Waals surface area contributed by atoms with Gasteiger partial charge in [0.25, 0.3) is 0 Å². The van der Waals surface area contributed by atoms with Gasteiger partial charge in [0.05, 0.1) is 32.1 Å². The number of nitrogens with two attached hydrogens (primary N) is 1. The van der Waals surface area contributed by atoms with Crippen LogP contribution in [-0.2, 0) is 11.3 Å². The van der Waals surface area contributed by atoms with E-state index >= 15 is 0 Å². The minimum Gasteiger partial charge on any atom is -0.497 e. The fourth-order valence-corrected chi connectivity index (χ4v) is 7.14. The van der Waals surface area contributed by atoms with E-state index in [1.807, 2.05) is 54.6 Å². The van der Waals surface area contributed by atoms with Crippen molar-refractivity contribution in [3.63, 3.8) is 0 Å². The highest BCUT2D eigenvalue weighted by atomic mass is 16.5. The maximum absolute atomic E-state index is 11.8. The lowest BCUT2D eigenvalue weighted by Gasteiger charge is -2.26. The summed E-state index contributed by atoms with van der Waals surface area (Å²) in [5, 5.41) is 28.5. The van der Waals surface area contributed by atoms with Gasteiger partial charge in [-0.15, -0.1) is 0 Å². The van der Waals surface area contributed by atoms with E-state index in [1.54, 1.807) is 26.4 Å². The number of benzene rings is 4. The van der Waals surface area contributed by atoms with Crippen LogP contribution in [0.2, 0.25) is 0 Å². The zero-order valence-corrected chi connectivity index (χ0v) is 35.6. The number of nitrogen functional groups attached to an aromatic ring is 1. The summed E-state index contributed by atoms with van der Waals surface area (Å²) < 4.78 is 13.2. The third kappa shape index (κ3) is 11.5. The van der Waals surface area contributed by atoms with Crippen molar-refractivity contribution < 1.29 is 19.4 Å². The van der Waals surface area contributed by atoms with Crippen LogP contribution in [0.5, 0.6) is 11.5 Å². The van der Waals surface area contributed by atoms with Crippen LogP contribution in [0.25, 0.3) is 29.5 Å². The predicted molar refractivity (Wildman–Crippen MR) is 245 cm³/mol. The van der Waals surface area contributed by atoms with Crippen LogP contribution in [0.3, 0.4) is 0 Å². The number of methoxy groups -OCH3 is 2. The Morgan fingerprint density at radius 2 is 1.43 bits per heavy atom. The van der Waals surface area contributed by atoms with E-state index in [1.165, 1.54) is 6.08 Å². The lowest BCUT2D eigenvalue weighted by molar-refractivity contribution is -0.132. The van der Waals surface area contributed by atoms with E-state index in [9.17, 15) is 15.2 Å². The summed E-state index contributed by atoms with van der Waals surface area (Å²) in [4.78, 5) is 13.9. The molecule has 4 aromatic carbocycles. The Balaban J connectivity index is 1.53. The molecule has 5 aromatic rings. The Bertz CT molecular complexity index is 2240. The number of nitriles is 1.